The van der Waals surface area contributed by atoms with Gasteiger partial charge in [0, 0.05) is 31.8 Å². The maximum atomic E-state index is 11.1. The molecule has 1 aromatic heterocycles. The Morgan fingerprint density at radius 1 is 1.10 bits per heavy atom. The first-order valence-corrected chi connectivity index (χ1v) is 10.7. The molecule has 1 amide bonds. The highest BCUT2D eigenvalue weighted by Gasteiger charge is 2.31. The van der Waals surface area contributed by atoms with Gasteiger partial charge in [-0.25, -0.2) is 0 Å². The standard InChI is InChI=1S/C12H12N2O2.C12H15N.CH4O/c1-13-12(15)8-16-11-6-7-14-10-5-3-2-4-9(10)11;1-2-6-11-10(5-1)9-12(11)13-7-3-4-8-13;1-2/h2-7H,8H2,1H3,(H,13,15);1-2,5-6,12H,3-4,7-9H2;2H,1H3/t;12-;/m.1./s1. The highest BCUT2D eigenvalue weighted by molar-refractivity contribution is 5.85. The van der Waals surface area contributed by atoms with Gasteiger partial charge >= 0.3 is 0 Å². The molecule has 5 rings (SSSR count). The van der Waals surface area contributed by atoms with Crippen LogP contribution in [0.4, 0.5) is 0 Å². The Kier molecular flexibility index (Phi) is 8.38. The summed E-state index contributed by atoms with van der Waals surface area (Å²) >= 11 is 0. The number of aliphatic hydroxyl groups is 1. The summed E-state index contributed by atoms with van der Waals surface area (Å²) in [7, 11) is 2.58. The Morgan fingerprint density at radius 3 is 2.55 bits per heavy atom. The zero-order valence-corrected chi connectivity index (χ0v) is 18.3. The molecule has 3 aromatic rings. The number of rotatable bonds is 4. The van der Waals surface area contributed by atoms with E-state index in [1.165, 1.54) is 32.4 Å². The molecule has 6 heteroatoms. The largest absolute Gasteiger partial charge is 0.483 e. The van der Waals surface area contributed by atoms with Crippen LogP contribution in [0.3, 0.4) is 0 Å². The van der Waals surface area contributed by atoms with E-state index in [-0.39, 0.29) is 12.5 Å². The number of likely N-dealkylation sites (N-methyl/N-ethyl adjacent to an activating group) is 1. The summed E-state index contributed by atoms with van der Waals surface area (Å²) < 4.78 is 5.42. The van der Waals surface area contributed by atoms with Crippen LogP contribution in [0, 0.1) is 0 Å². The normalized spacial score (nSPS) is 16.7. The number of nitrogens with one attached hydrogen (secondary N) is 1. The number of ether oxygens (including phenoxy) is 1. The van der Waals surface area contributed by atoms with Gasteiger partial charge in [-0.1, -0.05) is 36.4 Å². The lowest BCUT2D eigenvalue weighted by Crippen LogP contribution is -2.33. The predicted molar refractivity (Wildman–Crippen MR) is 123 cm³/mol. The van der Waals surface area contributed by atoms with Gasteiger partial charge in [-0.3, -0.25) is 14.7 Å². The molecule has 6 nitrogen and oxygen atoms in total. The average molecular weight is 422 g/mol. The van der Waals surface area contributed by atoms with E-state index in [9.17, 15) is 4.79 Å². The quantitative estimate of drug-likeness (QED) is 0.676. The highest BCUT2D eigenvalue weighted by Crippen LogP contribution is 2.38. The van der Waals surface area contributed by atoms with Gasteiger partial charge in [0.1, 0.15) is 5.75 Å². The minimum atomic E-state index is -0.152. The van der Waals surface area contributed by atoms with Crippen molar-refractivity contribution in [2.75, 3.05) is 33.9 Å². The summed E-state index contributed by atoms with van der Waals surface area (Å²) in [5.41, 5.74) is 4.01. The molecule has 1 atom stereocenters. The van der Waals surface area contributed by atoms with Crippen LogP contribution in [0.5, 0.6) is 5.75 Å². The summed E-state index contributed by atoms with van der Waals surface area (Å²) in [5.74, 6) is 0.523. The minimum Gasteiger partial charge on any atom is -0.483 e. The van der Waals surface area contributed by atoms with E-state index in [2.05, 4.69) is 39.5 Å². The van der Waals surface area contributed by atoms with Crippen LogP contribution in [-0.2, 0) is 11.2 Å². The molecular formula is C25H31N3O3. The first-order valence-electron chi connectivity index (χ1n) is 10.7. The first-order chi connectivity index (χ1) is 15.3. The van der Waals surface area contributed by atoms with E-state index < -0.39 is 0 Å². The molecule has 2 aliphatic rings. The average Bonchev–Trinajstić information content (AvgIpc) is 3.34. The smallest absolute Gasteiger partial charge is 0.257 e. The molecule has 0 unspecified atom stereocenters. The fraction of sp³-hybridized carbons (Fsp3) is 0.360. The number of benzene rings is 2. The fourth-order valence-corrected chi connectivity index (χ4v) is 4.02. The van der Waals surface area contributed by atoms with Crippen molar-refractivity contribution >= 4 is 16.8 Å². The van der Waals surface area contributed by atoms with Gasteiger partial charge in [-0.05, 0) is 61.7 Å². The molecule has 1 fully saturated rings. The van der Waals surface area contributed by atoms with Gasteiger partial charge in [-0.2, -0.15) is 0 Å². The Labute approximate surface area is 183 Å². The summed E-state index contributed by atoms with van der Waals surface area (Å²) in [6.45, 7) is 2.66. The molecule has 2 N–H and O–H groups in total. The van der Waals surface area contributed by atoms with Crippen molar-refractivity contribution in [2.24, 2.45) is 0 Å². The van der Waals surface area contributed by atoms with Crippen LogP contribution < -0.4 is 10.1 Å². The van der Waals surface area contributed by atoms with Crippen molar-refractivity contribution in [1.29, 1.82) is 0 Å². The second kappa shape index (κ2) is 11.4. The van der Waals surface area contributed by atoms with E-state index in [4.69, 9.17) is 9.84 Å². The summed E-state index contributed by atoms with van der Waals surface area (Å²) in [6, 6.07) is 19.0. The molecule has 0 radical (unpaired) electrons. The fourth-order valence-electron chi connectivity index (χ4n) is 4.02. The van der Waals surface area contributed by atoms with Gasteiger partial charge in [0.15, 0.2) is 6.61 Å². The van der Waals surface area contributed by atoms with E-state index in [1.54, 1.807) is 30.4 Å². The number of nitrogens with zero attached hydrogens (tertiary/aromatic N) is 2. The van der Waals surface area contributed by atoms with Crippen molar-refractivity contribution in [1.82, 2.24) is 15.2 Å². The Morgan fingerprint density at radius 2 is 1.81 bits per heavy atom. The number of fused-ring (bicyclic) bond motifs is 2. The van der Waals surface area contributed by atoms with Gasteiger partial charge < -0.3 is 15.2 Å². The Bertz CT molecular complexity index is 981. The van der Waals surface area contributed by atoms with Crippen LogP contribution in [-0.4, -0.2) is 54.8 Å². The van der Waals surface area contributed by atoms with Crippen molar-refractivity contribution in [2.45, 2.75) is 25.3 Å². The number of para-hydroxylation sites is 1. The van der Waals surface area contributed by atoms with Crippen molar-refractivity contribution < 1.29 is 14.6 Å². The molecule has 2 aromatic carbocycles. The van der Waals surface area contributed by atoms with Crippen LogP contribution in [0.15, 0.2) is 60.8 Å². The van der Waals surface area contributed by atoms with Crippen LogP contribution in [0.1, 0.15) is 30.0 Å². The van der Waals surface area contributed by atoms with Crippen LogP contribution >= 0.6 is 0 Å². The molecule has 0 bridgehead atoms. The molecule has 1 aliphatic carbocycles. The Balaban J connectivity index is 0.000000165. The molecule has 2 heterocycles. The summed E-state index contributed by atoms with van der Waals surface area (Å²) in [5, 5.41) is 10.4. The highest BCUT2D eigenvalue weighted by atomic mass is 16.5. The SMILES string of the molecule is CNC(=O)COc1ccnc2ccccc12.CO.c1ccc2c(c1)C[C@H]2N1CCCC1. The number of pyridine rings is 1. The molecule has 0 spiro atoms. The number of hydrogen-bond acceptors (Lipinski definition) is 5. The maximum Gasteiger partial charge on any atom is 0.257 e. The number of aromatic nitrogens is 1. The number of likely N-dealkylation sites (tertiary alicyclic amines) is 1. The lowest BCUT2D eigenvalue weighted by Gasteiger charge is -2.37. The molecule has 164 valence electrons. The second-order valence-corrected chi connectivity index (χ2v) is 7.45. The van der Waals surface area contributed by atoms with E-state index in [0.717, 1.165) is 24.1 Å². The zero-order chi connectivity index (χ0) is 22.1. The van der Waals surface area contributed by atoms with Gasteiger partial charge in [0.2, 0.25) is 0 Å². The predicted octanol–water partition coefficient (Wildman–Crippen LogP) is 3.35. The second-order valence-electron chi connectivity index (χ2n) is 7.45. The lowest BCUT2D eigenvalue weighted by atomic mass is 9.82. The third-order valence-electron chi connectivity index (χ3n) is 5.66. The molecular weight excluding hydrogens is 390 g/mol. The maximum absolute atomic E-state index is 11.1. The number of amides is 1. The Hall–Kier alpha value is -2.96. The van der Waals surface area contributed by atoms with E-state index >= 15 is 0 Å². The number of carbonyl (C=O) groups is 1. The van der Waals surface area contributed by atoms with Gasteiger partial charge in [0.05, 0.1) is 5.52 Å². The molecule has 1 aliphatic heterocycles. The topological polar surface area (TPSA) is 74.7 Å². The number of hydrogen-bond donors (Lipinski definition) is 2. The van der Waals surface area contributed by atoms with Crippen LogP contribution in [0.2, 0.25) is 0 Å². The van der Waals surface area contributed by atoms with E-state index in [1.807, 2.05) is 24.3 Å². The van der Waals surface area contributed by atoms with Gasteiger partial charge in [-0.15, -0.1) is 0 Å². The summed E-state index contributed by atoms with van der Waals surface area (Å²) in [4.78, 5) is 17.9. The summed E-state index contributed by atoms with van der Waals surface area (Å²) in [6.07, 6.45) is 5.76. The van der Waals surface area contributed by atoms with Crippen molar-refractivity contribution in [3.8, 4) is 5.75 Å². The minimum absolute atomic E-state index is 0.0184. The molecule has 1 saturated heterocycles. The number of aliphatic hydroxyl groups excluding tert-OH is 1. The van der Waals surface area contributed by atoms with Gasteiger partial charge in [0.25, 0.3) is 5.91 Å². The molecule has 0 saturated carbocycles. The number of carbonyl (C=O) groups excluding carboxylic acids is 1. The first kappa shape index (κ1) is 22.7. The van der Waals surface area contributed by atoms with Crippen molar-refractivity contribution in [3.05, 3.63) is 71.9 Å². The third-order valence-corrected chi connectivity index (χ3v) is 5.66. The third kappa shape index (κ3) is 5.60. The van der Waals surface area contributed by atoms with Crippen molar-refractivity contribution in [3.63, 3.8) is 0 Å². The zero-order valence-electron chi connectivity index (χ0n) is 18.3. The van der Waals surface area contributed by atoms with Crippen LogP contribution in [0.25, 0.3) is 10.9 Å². The lowest BCUT2D eigenvalue weighted by molar-refractivity contribution is -0.122. The monoisotopic (exact) mass is 421 g/mol. The van der Waals surface area contributed by atoms with E-state index in [0.29, 0.717) is 5.75 Å². The molecule has 31 heavy (non-hydrogen) atoms.